The third kappa shape index (κ3) is 2.27. The van der Waals surface area contributed by atoms with E-state index in [1.165, 1.54) is 4.90 Å². The van der Waals surface area contributed by atoms with Gasteiger partial charge < -0.3 is 4.42 Å². The van der Waals surface area contributed by atoms with Crippen LogP contribution in [0.2, 0.25) is 0 Å². The Bertz CT molecular complexity index is 1220. The molecule has 1 aromatic carbocycles. The molecule has 0 spiro atoms. The van der Waals surface area contributed by atoms with E-state index in [0.717, 1.165) is 0 Å². The molecule has 6 nitrogen and oxygen atoms in total. The van der Waals surface area contributed by atoms with E-state index in [1.807, 2.05) is 6.07 Å². The lowest BCUT2D eigenvalue weighted by molar-refractivity contribution is 0.0970. The van der Waals surface area contributed by atoms with Crippen LogP contribution in [0, 0.1) is 0 Å². The maximum atomic E-state index is 13.2. The van der Waals surface area contributed by atoms with Crippen molar-refractivity contribution in [2.24, 2.45) is 0 Å². The predicted octanol–water partition coefficient (Wildman–Crippen LogP) is 3.33. The second-order valence-corrected chi connectivity index (χ2v) is 6.19. The van der Waals surface area contributed by atoms with Crippen LogP contribution in [0.5, 0.6) is 0 Å². The Balaban J connectivity index is 1.84. The molecule has 0 unspecified atom stereocenters. The Morgan fingerprint density at radius 3 is 2.33 bits per heavy atom. The molecule has 27 heavy (non-hydrogen) atoms. The highest BCUT2D eigenvalue weighted by atomic mass is 16.3. The van der Waals surface area contributed by atoms with E-state index in [2.05, 4.69) is 9.97 Å². The molecule has 1 atom stereocenters. The van der Waals surface area contributed by atoms with Gasteiger partial charge in [0, 0.05) is 12.4 Å². The van der Waals surface area contributed by atoms with Crippen molar-refractivity contribution in [1.82, 2.24) is 9.97 Å². The van der Waals surface area contributed by atoms with E-state index in [9.17, 15) is 9.59 Å². The van der Waals surface area contributed by atoms with E-state index in [0.29, 0.717) is 28.0 Å². The average Bonchev–Trinajstić information content (AvgIpc) is 3.02. The Kier molecular flexibility index (Phi) is 3.36. The van der Waals surface area contributed by atoms with Gasteiger partial charge in [-0.3, -0.25) is 19.5 Å². The van der Waals surface area contributed by atoms with Gasteiger partial charge in [0.2, 0.25) is 5.76 Å². The zero-order chi connectivity index (χ0) is 18.4. The number of benzene rings is 1. The van der Waals surface area contributed by atoms with Gasteiger partial charge in [0.25, 0.3) is 5.91 Å². The quantitative estimate of drug-likeness (QED) is 0.551. The van der Waals surface area contributed by atoms with E-state index in [-0.39, 0.29) is 11.2 Å². The molecule has 0 bridgehead atoms. The molecule has 1 aliphatic rings. The average molecular weight is 355 g/mol. The first-order valence-corrected chi connectivity index (χ1v) is 8.47. The number of carbonyl (C=O) groups excluding carboxylic acids is 1. The number of pyridine rings is 2. The summed E-state index contributed by atoms with van der Waals surface area (Å²) in [7, 11) is 0. The Morgan fingerprint density at radius 1 is 0.852 bits per heavy atom. The minimum Gasteiger partial charge on any atom is -0.450 e. The van der Waals surface area contributed by atoms with Crippen LogP contribution in [-0.2, 0) is 0 Å². The third-order valence-corrected chi connectivity index (χ3v) is 4.64. The molecule has 1 amide bonds. The van der Waals surface area contributed by atoms with Crippen molar-refractivity contribution in [3.63, 3.8) is 0 Å². The van der Waals surface area contributed by atoms with E-state index < -0.39 is 11.9 Å². The van der Waals surface area contributed by atoms with E-state index in [1.54, 1.807) is 67.0 Å². The maximum absolute atomic E-state index is 13.2. The second kappa shape index (κ2) is 5.88. The molecular weight excluding hydrogens is 342 g/mol. The summed E-state index contributed by atoms with van der Waals surface area (Å²) in [5.74, 6) is 0.0789. The third-order valence-electron chi connectivity index (χ3n) is 4.64. The molecule has 3 aromatic heterocycles. The zero-order valence-electron chi connectivity index (χ0n) is 14.1. The summed E-state index contributed by atoms with van der Waals surface area (Å²) in [6.07, 6.45) is 3.24. The lowest BCUT2D eigenvalue weighted by atomic mass is 10.0. The normalized spacial score (nSPS) is 15.9. The van der Waals surface area contributed by atoms with Crippen molar-refractivity contribution < 1.29 is 9.21 Å². The monoisotopic (exact) mass is 355 g/mol. The highest BCUT2D eigenvalue weighted by Gasteiger charge is 2.44. The first-order valence-electron chi connectivity index (χ1n) is 8.47. The minimum absolute atomic E-state index is 0.0417. The van der Waals surface area contributed by atoms with Gasteiger partial charge in [0.1, 0.15) is 17.4 Å². The summed E-state index contributed by atoms with van der Waals surface area (Å²) in [6, 6.07) is 16.9. The summed E-state index contributed by atoms with van der Waals surface area (Å²) < 4.78 is 5.85. The molecule has 0 aliphatic carbocycles. The molecule has 6 heteroatoms. The van der Waals surface area contributed by atoms with E-state index >= 15 is 0 Å². The summed E-state index contributed by atoms with van der Waals surface area (Å²) >= 11 is 0. The fraction of sp³-hybridized carbons (Fsp3) is 0.0476. The first-order chi connectivity index (χ1) is 13.3. The van der Waals surface area contributed by atoms with Gasteiger partial charge in [0.15, 0.2) is 5.43 Å². The van der Waals surface area contributed by atoms with Crippen LogP contribution in [0.3, 0.4) is 0 Å². The van der Waals surface area contributed by atoms with Crippen LogP contribution in [0.25, 0.3) is 11.0 Å². The van der Waals surface area contributed by atoms with Crippen molar-refractivity contribution in [3.8, 4) is 0 Å². The molecule has 5 rings (SSSR count). The first kappa shape index (κ1) is 15.5. The number of fused-ring (bicyclic) bond motifs is 2. The van der Waals surface area contributed by atoms with Gasteiger partial charge in [-0.15, -0.1) is 0 Å². The van der Waals surface area contributed by atoms with Crippen molar-refractivity contribution in [2.45, 2.75) is 6.04 Å². The van der Waals surface area contributed by atoms with Crippen molar-refractivity contribution >= 4 is 22.7 Å². The standard InChI is InChI=1S/C21H13N3O3/c25-19-13-7-1-2-9-15(13)27-20-17(19)18(14-8-3-5-11-22-14)24(21(20)26)16-10-4-6-12-23-16/h1-12,18H/t18-/m1/s1. The molecule has 0 radical (unpaired) electrons. The molecule has 0 N–H and O–H groups in total. The van der Waals surface area contributed by atoms with Crippen molar-refractivity contribution in [1.29, 1.82) is 0 Å². The zero-order valence-corrected chi connectivity index (χ0v) is 14.1. The van der Waals surface area contributed by atoms with Crippen molar-refractivity contribution in [3.05, 3.63) is 100 Å². The number of hydrogen-bond donors (Lipinski definition) is 0. The second-order valence-electron chi connectivity index (χ2n) is 6.19. The van der Waals surface area contributed by atoms with Crippen LogP contribution in [0.15, 0.2) is 82.3 Å². The summed E-state index contributed by atoms with van der Waals surface area (Å²) in [4.78, 5) is 36.6. The van der Waals surface area contributed by atoms with Crippen LogP contribution in [0.1, 0.15) is 27.9 Å². The van der Waals surface area contributed by atoms with Crippen molar-refractivity contribution in [2.75, 3.05) is 4.90 Å². The number of hydrogen-bond acceptors (Lipinski definition) is 5. The summed E-state index contributed by atoms with van der Waals surface area (Å²) in [6.45, 7) is 0. The Hall–Kier alpha value is -3.80. The summed E-state index contributed by atoms with van der Waals surface area (Å²) in [5, 5.41) is 0.438. The largest absolute Gasteiger partial charge is 0.450 e. The van der Waals surface area contributed by atoms with Gasteiger partial charge in [0.05, 0.1) is 16.6 Å². The maximum Gasteiger partial charge on any atom is 0.296 e. The van der Waals surface area contributed by atoms with Crippen LogP contribution in [-0.4, -0.2) is 15.9 Å². The lowest BCUT2D eigenvalue weighted by Gasteiger charge is -2.23. The Labute approximate surface area is 153 Å². The SMILES string of the molecule is O=C1c2oc3ccccc3c(=O)c2[C@@H](c2ccccn2)N1c1ccccn1. The lowest BCUT2D eigenvalue weighted by Crippen LogP contribution is -2.30. The number of rotatable bonds is 2. The van der Waals surface area contributed by atoms with Gasteiger partial charge in [-0.1, -0.05) is 24.3 Å². The van der Waals surface area contributed by atoms with Gasteiger partial charge in [-0.25, -0.2) is 4.98 Å². The smallest absolute Gasteiger partial charge is 0.296 e. The number of aromatic nitrogens is 2. The minimum atomic E-state index is -0.690. The van der Waals surface area contributed by atoms with Crippen LogP contribution in [0.4, 0.5) is 5.82 Å². The molecule has 4 aromatic rings. The number of nitrogens with zero attached hydrogens (tertiary/aromatic N) is 3. The molecular formula is C21H13N3O3. The molecule has 0 saturated carbocycles. The number of amides is 1. The predicted molar refractivity (Wildman–Crippen MR) is 99.6 cm³/mol. The molecule has 1 aliphatic heterocycles. The number of para-hydroxylation sites is 1. The van der Waals surface area contributed by atoms with Crippen LogP contribution >= 0.6 is 0 Å². The molecule has 130 valence electrons. The molecule has 4 heterocycles. The van der Waals surface area contributed by atoms with Gasteiger partial charge in [-0.05, 0) is 36.4 Å². The Morgan fingerprint density at radius 2 is 1.59 bits per heavy atom. The number of anilines is 1. The summed E-state index contributed by atoms with van der Waals surface area (Å²) in [5.41, 5.74) is 1.03. The van der Waals surface area contributed by atoms with Gasteiger partial charge in [-0.2, -0.15) is 0 Å². The van der Waals surface area contributed by atoms with Crippen LogP contribution < -0.4 is 10.3 Å². The fourth-order valence-electron chi connectivity index (χ4n) is 3.47. The fourth-order valence-corrected chi connectivity index (χ4v) is 3.47. The highest BCUT2D eigenvalue weighted by molar-refractivity contribution is 6.10. The number of carbonyl (C=O) groups is 1. The van der Waals surface area contributed by atoms with E-state index in [4.69, 9.17) is 4.42 Å². The molecule has 0 fully saturated rings. The molecule has 0 saturated heterocycles. The topological polar surface area (TPSA) is 76.3 Å². The van der Waals surface area contributed by atoms with Gasteiger partial charge >= 0.3 is 0 Å². The highest BCUT2D eigenvalue weighted by Crippen LogP contribution is 2.39.